The van der Waals surface area contributed by atoms with Crippen molar-refractivity contribution < 1.29 is 70.0 Å². The number of rotatable bonds is 0. The molecule has 4 heavy (non-hydrogen) atoms. The van der Waals surface area contributed by atoms with E-state index in [2.05, 4.69) is 0 Å². The summed E-state index contributed by atoms with van der Waals surface area (Å²) in [4.78, 5) is 0. The van der Waals surface area contributed by atoms with E-state index in [1.807, 2.05) is 0 Å². The van der Waals surface area contributed by atoms with Crippen LogP contribution in [0.3, 0.4) is 0 Å². The van der Waals surface area contributed by atoms with Gasteiger partial charge in [0.15, 0.2) is 0 Å². The molecule has 1 radical (unpaired) electrons. The summed E-state index contributed by atoms with van der Waals surface area (Å²) in [5, 5.41) is 0. The van der Waals surface area contributed by atoms with Crippen molar-refractivity contribution in [3.8, 4) is 0 Å². The van der Waals surface area contributed by atoms with Gasteiger partial charge in [0.1, 0.15) is 0 Å². The van der Waals surface area contributed by atoms with Crippen LogP contribution in [0.5, 0.6) is 0 Å². The topological polar surface area (TPSA) is 31.5 Å². The number of hydrogen-bond donors (Lipinski definition) is 0. The average molecular weight is 156 g/mol. The first-order chi connectivity index (χ1) is 0. The Bertz CT molecular complexity index is 11.6. The summed E-state index contributed by atoms with van der Waals surface area (Å²) in [5.41, 5.74) is 0. The predicted octanol–water partition coefficient (Wildman–Crippen LogP) is -3.71. The molecule has 0 saturated carbocycles. The molecular formula is H3MnNaNiO. The summed E-state index contributed by atoms with van der Waals surface area (Å²) in [5.74, 6) is 0. The van der Waals surface area contributed by atoms with Crippen molar-refractivity contribution in [2.75, 3.05) is 0 Å². The first kappa shape index (κ1) is 37.9. The van der Waals surface area contributed by atoms with E-state index in [0.29, 0.717) is 0 Å². The third-order valence-electron chi connectivity index (χ3n) is 0. The standard InChI is InChI=1S/Mn.Na.Ni.H2O.H/h;;;1H2;/q;+1;;;-1. The molecule has 0 saturated heterocycles. The molecule has 0 atom stereocenters. The Kier molecular flexibility index (Phi) is 191. The minimum absolute atomic E-state index is 0. The maximum absolute atomic E-state index is 0. The third kappa shape index (κ3) is 9.02. The van der Waals surface area contributed by atoms with Gasteiger partial charge in [-0.05, 0) is 0 Å². The Labute approximate surface area is 69.4 Å². The van der Waals surface area contributed by atoms with Crippen LogP contribution in [-0.4, -0.2) is 5.48 Å². The van der Waals surface area contributed by atoms with Crippen LogP contribution in [0.2, 0.25) is 0 Å². The monoisotopic (exact) mass is 155 g/mol. The molecule has 0 spiro atoms. The summed E-state index contributed by atoms with van der Waals surface area (Å²) in [6.07, 6.45) is 0. The van der Waals surface area contributed by atoms with Crippen LogP contribution in [0.25, 0.3) is 0 Å². The van der Waals surface area contributed by atoms with Gasteiger partial charge < -0.3 is 6.90 Å². The molecule has 0 heterocycles. The molecule has 4 heteroatoms. The second-order valence-electron chi connectivity index (χ2n) is 0. The third-order valence-corrected chi connectivity index (χ3v) is 0. The van der Waals surface area contributed by atoms with E-state index in [-0.39, 0.29) is 70.0 Å². The fourth-order valence-electron chi connectivity index (χ4n) is 0. The van der Waals surface area contributed by atoms with Gasteiger partial charge in [0.2, 0.25) is 0 Å². The van der Waals surface area contributed by atoms with Crippen LogP contribution in [0.4, 0.5) is 0 Å². The van der Waals surface area contributed by atoms with E-state index < -0.39 is 0 Å². The molecule has 2 N–H and O–H groups in total. The van der Waals surface area contributed by atoms with Crippen molar-refractivity contribution in [1.82, 2.24) is 0 Å². The second-order valence-corrected chi connectivity index (χ2v) is 0. The van der Waals surface area contributed by atoms with E-state index >= 15 is 0 Å². The van der Waals surface area contributed by atoms with Crippen molar-refractivity contribution in [1.29, 1.82) is 0 Å². The summed E-state index contributed by atoms with van der Waals surface area (Å²) in [6, 6.07) is 0. The van der Waals surface area contributed by atoms with Crippen molar-refractivity contribution in [3.63, 3.8) is 0 Å². The largest absolute Gasteiger partial charge is 1.00 e. The second kappa shape index (κ2) is 20.2. The Morgan fingerprint density at radius 2 is 1.25 bits per heavy atom. The summed E-state index contributed by atoms with van der Waals surface area (Å²) < 4.78 is 0. The minimum Gasteiger partial charge on any atom is -1.00 e. The van der Waals surface area contributed by atoms with Crippen molar-refractivity contribution in [3.05, 3.63) is 0 Å². The van der Waals surface area contributed by atoms with E-state index in [4.69, 9.17) is 0 Å². The minimum atomic E-state index is 0. The van der Waals surface area contributed by atoms with Gasteiger partial charge in [-0.15, -0.1) is 0 Å². The first-order valence-electron chi connectivity index (χ1n) is 0. The molecule has 0 aromatic rings. The molecular weight excluding hydrogens is 153 g/mol. The molecule has 1 nitrogen and oxygen atoms in total. The van der Waals surface area contributed by atoms with E-state index in [1.54, 1.807) is 0 Å². The zero-order chi connectivity index (χ0) is 0. The molecule has 0 rings (SSSR count). The smallest absolute Gasteiger partial charge is 1.00 e. The normalized spacial score (nSPS) is 0. The zero-order valence-corrected chi connectivity index (χ0v) is 6.36. The summed E-state index contributed by atoms with van der Waals surface area (Å²) >= 11 is 0. The van der Waals surface area contributed by atoms with Crippen LogP contribution in [-0.2, 0) is 33.6 Å². The van der Waals surface area contributed by atoms with Gasteiger partial charge >= 0.3 is 29.6 Å². The Hall–Kier alpha value is 1.97. The van der Waals surface area contributed by atoms with Gasteiger partial charge in [-0.1, -0.05) is 0 Å². The summed E-state index contributed by atoms with van der Waals surface area (Å²) in [6.45, 7) is 0. The quantitative estimate of drug-likeness (QED) is 0.323. The van der Waals surface area contributed by atoms with Crippen molar-refractivity contribution in [2.24, 2.45) is 0 Å². The van der Waals surface area contributed by atoms with Crippen molar-refractivity contribution in [2.45, 2.75) is 0 Å². The SMILES string of the molecule is O.[H-].[Mn].[Na+].[Ni]. The fourth-order valence-corrected chi connectivity index (χ4v) is 0. The van der Waals surface area contributed by atoms with Gasteiger partial charge in [0, 0.05) is 33.6 Å². The molecule has 0 aliphatic carbocycles. The molecule has 0 aromatic heterocycles. The van der Waals surface area contributed by atoms with Gasteiger partial charge in [-0.25, -0.2) is 0 Å². The van der Waals surface area contributed by atoms with Crippen LogP contribution < -0.4 is 29.6 Å². The molecule has 0 aromatic carbocycles. The Morgan fingerprint density at radius 1 is 1.25 bits per heavy atom. The van der Waals surface area contributed by atoms with Gasteiger partial charge in [0.25, 0.3) is 0 Å². The van der Waals surface area contributed by atoms with E-state index in [1.165, 1.54) is 0 Å². The van der Waals surface area contributed by atoms with Crippen LogP contribution >= 0.6 is 0 Å². The van der Waals surface area contributed by atoms with Gasteiger partial charge in [-0.3, -0.25) is 0 Å². The maximum Gasteiger partial charge on any atom is 1.00 e. The van der Waals surface area contributed by atoms with Gasteiger partial charge in [0.05, 0.1) is 0 Å². The van der Waals surface area contributed by atoms with E-state index in [0.717, 1.165) is 0 Å². The molecule has 0 fully saturated rings. The molecule has 27 valence electrons. The fraction of sp³-hybridized carbons (Fsp3) is 0. The molecule has 0 aliphatic heterocycles. The maximum atomic E-state index is 0. The average Bonchev–Trinajstić information content (AvgIpc) is 0. The Balaban J connectivity index is 0. The van der Waals surface area contributed by atoms with Crippen molar-refractivity contribution >= 4 is 0 Å². The number of hydrogen-bond acceptors (Lipinski definition) is 0. The molecule has 0 amide bonds. The molecule has 0 bridgehead atoms. The van der Waals surface area contributed by atoms with E-state index in [9.17, 15) is 0 Å². The van der Waals surface area contributed by atoms with Crippen LogP contribution in [0.15, 0.2) is 0 Å². The predicted molar refractivity (Wildman–Crippen MR) is 4.73 cm³/mol. The molecule has 0 unspecified atom stereocenters. The Morgan fingerprint density at radius 3 is 1.25 bits per heavy atom. The van der Waals surface area contributed by atoms with Gasteiger partial charge in [-0.2, -0.15) is 0 Å². The molecule has 0 aliphatic rings. The van der Waals surface area contributed by atoms with Crippen LogP contribution in [0.1, 0.15) is 1.43 Å². The zero-order valence-electron chi connectivity index (χ0n) is 3.19. The van der Waals surface area contributed by atoms with Crippen LogP contribution in [0, 0.1) is 0 Å². The summed E-state index contributed by atoms with van der Waals surface area (Å²) in [7, 11) is 0. The first-order valence-corrected chi connectivity index (χ1v) is 0.